The largest absolute Gasteiger partial charge is 0.493 e. The van der Waals surface area contributed by atoms with Crippen molar-refractivity contribution in [2.45, 2.75) is 38.7 Å². The first-order chi connectivity index (χ1) is 19.4. The first kappa shape index (κ1) is 28.2. The Labute approximate surface area is 238 Å². The third kappa shape index (κ3) is 6.67. The van der Waals surface area contributed by atoms with Crippen LogP contribution in [0.1, 0.15) is 32.6 Å². The molecule has 0 unspecified atom stereocenters. The van der Waals surface area contributed by atoms with Gasteiger partial charge in [-0.3, -0.25) is 4.90 Å². The SMILES string of the molecule is COc1cc2ncnc(Nc3cccc(Cl)c3F)c2cc1OC1CCN(C(=O)OCCN2CCC(C)CC2)CC1. The molecular formula is C29H35ClFN5O4. The summed E-state index contributed by atoms with van der Waals surface area (Å²) in [7, 11) is 1.57. The van der Waals surface area contributed by atoms with Crippen molar-refractivity contribution >= 4 is 40.1 Å². The Morgan fingerprint density at radius 1 is 1.10 bits per heavy atom. The summed E-state index contributed by atoms with van der Waals surface area (Å²) >= 11 is 5.94. The van der Waals surface area contributed by atoms with Gasteiger partial charge in [-0.25, -0.2) is 19.2 Å². The molecule has 40 heavy (non-hydrogen) atoms. The quantitative estimate of drug-likeness (QED) is 0.358. The van der Waals surface area contributed by atoms with Gasteiger partial charge in [0.25, 0.3) is 0 Å². The van der Waals surface area contributed by atoms with Gasteiger partial charge in [0.2, 0.25) is 0 Å². The molecule has 2 aromatic carbocycles. The van der Waals surface area contributed by atoms with Crippen molar-refractivity contribution in [1.29, 1.82) is 0 Å². The second kappa shape index (κ2) is 12.9. The van der Waals surface area contributed by atoms with Crippen molar-refractivity contribution in [2.24, 2.45) is 5.92 Å². The van der Waals surface area contributed by atoms with Crippen LogP contribution in [0, 0.1) is 11.7 Å². The van der Waals surface area contributed by atoms with Crippen molar-refractivity contribution in [3.05, 3.63) is 47.5 Å². The Bertz CT molecular complexity index is 1330. The molecule has 0 atom stereocenters. The Morgan fingerprint density at radius 3 is 2.62 bits per heavy atom. The van der Waals surface area contributed by atoms with Crippen LogP contribution >= 0.6 is 11.6 Å². The van der Waals surface area contributed by atoms with E-state index in [9.17, 15) is 9.18 Å². The summed E-state index contributed by atoms with van der Waals surface area (Å²) < 4.78 is 32.0. The number of methoxy groups -OCH3 is 1. The average molecular weight is 572 g/mol. The van der Waals surface area contributed by atoms with Crippen LogP contribution in [0.3, 0.4) is 0 Å². The number of likely N-dealkylation sites (tertiary alicyclic amines) is 2. The number of carbonyl (C=O) groups is 1. The first-order valence-corrected chi connectivity index (χ1v) is 14.1. The Balaban J connectivity index is 1.20. The van der Waals surface area contributed by atoms with Crippen LogP contribution in [-0.4, -0.2) is 78.4 Å². The molecule has 3 aromatic rings. The Hall–Kier alpha value is -3.37. The van der Waals surface area contributed by atoms with Gasteiger partial charge in [0, 0.05) is 43.9 Å². The van der Waals surface area contributed by atoms with E-state index in [2.05, 4.69) is 27.1 Å². The van der Waals surface area contributed by atoms with Crippen LogP contribution in [0.15, 0.2) is 36.7 Å². The number of ether oxygens (including phenoxy) is 3. The van der Waals surface area contributed by atoms with Gasteiger partial charge in [-0.15, -0.1) is 0 Å². The minimum absolute atomic E-state index is 0.0148. The normalized spacial score (nSPS) is 17.1. The zero-order chi connectivity index (χ0) is 28.1. The van der Waals surface area contributed by atoms with Gasteiger partial charge < -0.3 is 24.4 Å². The van der Waals surface area contributed by atoms with E-state index in [0.717, 1.165) is 25.6 Å². The maximum absolute atomic E-state index is 14.5. The Morgan fingerprint density at radius 2 is 1.88 bits per heavy atom. The van der Waals surface area contributed by atoms with E-state index >= 15 is 0 Å². The van der Waals surface area contributed by atoms with Gasteiger partial charge in [-0.05, 0) is 50.0 Å². The van der Waals surface area contributed by atoms with Crippen LogP contribution in [-0.2, 0) is 4.74 Å². The molecule has 2 aliphatic rings. The van der Waals surface area contributed by atoms with Gasteiger partial charge in [-0.2, -0.15) is 0 Å². The summed E-state index contributed by atoms with van der Waals surface area (Å²) in [4.78, 5) is 25.4. The number of amides is 1. The summed E-state index contributed by atoms with van der Waals surface area (Å²) in [6, 6.07) is 8.29. The topological polar surface area (TPSA) is 89.1 Å². The summed E-state index contributed by atoms with van der Waals surface area (Å²) in [5.74, 6) is 1.68. The standard InChI is InChI=1S/C29H35ClFN5O4/c1-19-6-10-35(11-7-19)14-15-39-29(37)36-12-8-20(9-13-36)40-26-16-21-24(17-25(26)38-2)32-18-33-28(21)34-23-5-3-4-22(30)27(23)31/h3-5,16-20H,6-15H2,1-2H3,(H,32,33,34). The molecule has 0 saturated carbocycles. The van der Waals surface area contributed by atoms with E-state index in [0.29, 0.717) is 60.8 Å². The van der Waals surface area contributed by atoms with Crippen molar-refractivity contribution < 1.29 is 23.4 Å². The van der Waals surface area contributed by atoms with Crippen molar-refractivity contribution in [2.75, 3.05) is 51.8 Å². The molecule has 1 amide bonds. The van der Waals surface area contributed by atoms with Gasteiger partial charge in [0.05, 0.1) is 23.3 Å². The second-order valence-corrected chi connectivity index (χ2v) is 10.8. The van der Waals surface area contributed by atoms with Crippen LogP contribution < -0.4 is 14.8 Å². The molecule has 3 heterocycles. The number of carbonyl (C=O) groups excluding carboxylic acids is 1. The highest BCUT2D eigenvalue weighted by molar-refractivity contribution is 6.31. The number of fused-ring (bicyclic) bond motifs is 1. The first-order valence-electron chi connectivity index (χ1n) is 13.8. The predicted molar refractivity (Wildman–Crippen MR) is 152 cm³/mol. The van der Waals surface area contributed by atoms with Gasteiger partial charge in [0.15, 0.2) is 17.3 Å². The van der Waals surface area contributed by atoms with Crippen molar-refractivity contribution in [3.8, 4) is 11.5 Å². The molecule has 2 fully saturated rings. The summed E-state index contributed by atoms with van der Waals surface area (Å²) in [5.41, 5.74) is 0.816. The molecule has 5 rings (SSSR count). The number of halogens is 2. The molecule has 11 heteroatoms. The maximum Gasteiger partial charge on any atom is 0.409 e. The number of piperidine rings is 2. The number of nitrogens with one attached hydrogen (secondary N) is 1. The molecule has 0 spiro atoms. The van der Waals surface area contributed by atoms with Crippen molar-refractivity contribution in [1.82, 2.24) is 19.8 Å². The zero-order valence-corrected chi connectivity index (χ0v) is 23.6. The number of rotatable bonds is 8. The molecule has 1 N–H and O–H groups in total. The molecule has 214 valence electrons. The molecule has 0 bridgehead atoms. The Kier molecular flexibility index (Phi) is 9.06. The summed E-state index contributed by atoms with van der Waals surface area (Å²) in [5, 5.41) is 3.67. The number of benzene rings is 2. The molecular weight excluding hydrogens is 537 g/mol. The highest BCUT2D eigenvalue weighted by Gasteiger charge is 2.26. The van der Waals surface area contributed by atoms with E-state index in [1.807, 2.05) is 0 Å². The van der Waals surface area contributed by atoms with Crippen LogP contribution in [0.4, 0.5) is 20.7 Å². The lowest BCUT2D eigenvalue weighted by atomic mass is 9.99. The van der Waals surface area contributed by atoms with E-state index in [1.165, 1.54) is 25.2 Å². The van der Waals surface area contributed by atoms with Crippen LogP contribution in [0.25, 0.3) is 10.9 Å². The van der Waals surface area contributed by atoms with Gasteiger partial charge in [-0.1, -0.05) is 24.6 Å². The van der Waals surface area contributed by atoms with E-state index < -0.39 is 5.82 Å². The number of aromatic nitrogens is 2. The molecule has 0 aliphatic carbocycles. The van der Waals surface area contributed by atoms with Crippen molar-refractivity contribution in [3.63, 3.8) is 0 Å². The molecule has 2 saturated heterocycles. The second-order valence-electron chi connectivity index (χ2n) is 10.4. The fraction of sp³-hybridized carbons (Fsp3) is 0.483. The van der Waals surface area contributed by atoms with E-state index in [1.54, 1.807) is 36.3 Å². The maximum atomic E-state index is 14.5. The zero-order valence-electron chi connectivity index (χ0n) is 22.9. The number of nitrogens with zero attached hydrogens (tertiary/aromatic N) is 4. The highest BCUT2D eigenvalue weighted by Crippen LogP contribution is 2.37. The van der Waals surface area contributed by atoms with Gasteiger partial charge in [0.1, 0.15) is 24.9 Å². The smallest absolute Gasteiger partial charge is 0.409 e. The highest BCUT2D eigenvalue weighted by atomic mass is 35.5. The summed E-state index contributed by atoms with van der Waals surface area (Å²) in [6.45, 7) is 6.71. The van der Waals surface area contributed by atoms with E-state index in [4.69, 9.17) is 25.8 Å². The number of hydrogen-bond donors (Lipinski definition) is 1. The minimum atomic E-state index is -0.563. The lowest BCUT2D eigenvalue weighted by Crippen LogP contribution is -2.43. The number of hydrogen-bond acceptors (Lipinski definition) is 8. The fourth-order valence-electron chi connectivity index (χ4n) is 5.12. The lowest BCUT2D eigenvalue weighted by molar-refractivity contribution is 0.0582. The summed E-state index contributed by atoms with van der Waals surface area (Å²) in [6.07, 6.45) is 4.73. The predicted octanol–water partition coefficient (Wildman–Crippen LogP) is 5.89. The van der Waals surface area contributed by atoms with Crippen LogP contribution in [0.5, 0.6) is 11.5 Å². The molecule has 2 aliphatic heterocycles. The lowest BCUT2D eigenvalue weighted by Gasteiger charge is -2.32. The van der Waals surface area contributed by atoms with E-state index in [-0.39, 0.29) is 22.9 Å². The van der Waals surface area contributed by atoms with Gasteiger partial charge >= 0.3 is 6.09 Å². The third-order valence-corrected chi connectivity index (χ3v) is 7.92. The van der Waals surface area contributed by atoms with Crippen LogP contribution in [0.2, 0.25) is 5.02 Å². The average Bonchev–Trinajstić information content (AvgIpc) is 2.97. The molecule has 9 nitrogen and oxygen atoms in total. The monoisotopic (exact) mass is 571 g/mol. The minimum Gasteiger partial charge on any atom is -0.493 e. The number of anilines is 2. The third-order valence-electron chi connectivity index (χ3n) is 7.63. The molecule has 1 aromatic heterocycles. The molecule has 0 radical (unpaired) electrons. The fourth-order valence-corrected chi connectivity index (χ4v) is 5.29.